The minimum atomic E-state index is -0.373. The monoisotopic (exact) mass is 490 g/mol. The molecule has 0 aliphatic carbocycles. The third-order valence-corrected chi connectivity index (χ3v) is 6.20. The van der Waals surface area contributed by atoms with E-state index >= 15 is 0 Å². The average molecular weight is 491 g/mol. The predicted octanol–water partition coefficient (Wildman–Crippen LogP) is 7.36. The number of furan rings is 1. The highest BCUT2D eigenvalue weighted by Gasteiger charge is 2.14. The van der Waals surface area contributed by atoms with Crippen molar-refractivity contribution in [3.63, 3.8) is 0 Å². The fourth-order valence-electron chi connectivity index (χ4n) is 3.56. The van der Waals surface area contributed by atoms with Gasteiger partial charge < -0.3 is 9.73 Å². The summed E-state index contributed by atoms with van der Waals surface area (Å²) in [5.74, 6) is 0.780. The number of anilines is 1. The van der Waals surface area contributed by atoms with Gasteiger partial charge in [0.05, 0.1) is 15.7 Å². The van der Waals surface area contributed by atoms with Gasteiger partial charge in [0, 0.05) is 11.3 Å². The minimum absolute atomic E-state index is 0.176. The molecule has 6 nitrogen and oxygen atoms in total. The molecule has 1 amide bonds. The van der Waals surface area contributed by atoms with Crippen molar-refractivity contribution < 1.29 is 9.21 Å². The summed E-state index contributed by atoms with van der Waals surface area (Å²) in [5.41, 5.74) is 4.84. The Labute approximate surface area is 206 Å². The molecule has 0 aliphatic heterocycles. The minimum Gasteiger partial charge on any atom is -0.451 e. The van der Waals surface area contributed by atoms with Crippen molar-refractivity contribution >= 4 is 45.8 Å². The van der Waals surface area contributed by atoms with Crippen molar-refractivity contribution in [1.82, 2.24) is 15.0 Å². The number of halogens is 2. The number of rotatable bonds is 5. The Morgan fingerprint density at radius 3 is 2.38 bits per heavy atom. The summed E-state index contributed by atoms with van der Waals surface area (Å²) >= 11 is 12.1. The van der Waals surface area contributed by atoms with Gasteiger partial charge in [-0.05, 0) is 72.1 Å². The molecule has 1 N–H and O–H groups in total. The molecular formula is C26H20Cl2N4O2. The van der Waals surface area contributed by atoms with E-state index in [-0.39, 0.29) is 11.7 Å². The van der Waals surface area contributed by atoms with E-state index in [1.807, 2.05) is 18.2 Å². The molecule has 0 atom stereocenters. The van der Waals surface area contributed by atoms with Gasteiger partial charge in [-0.15, -0.1) is 10.2 Å². The van der Waals surface area contributed by atoms with Crippen LogP contribution in [0.15, 0.2) is 77.2 Å². The number of fused-ring (bicyclic) bond motifs is 1. The molecule has 3 aromatic carbocycles. The average Bonchev–Trinajstić information content (AvgIpc) is 3.48. The third-order valence-electron chi connectivity index (χ3n) is 5.46. The molecule has 34 heavy (non-hydrogen) atoms. The number of benzene rings is 3. The van der Waals surface area contributed by atoms with E-state index in [0.717, 1.165) is 16.8 Å². The number of aromatic nitrogens is 3. The molecule has 0 bridgehead atoms. The largest absolute Gasteiger partial charge is 0.451 e. The van der Waals surface area contributed by atoms with E-state index < -0.39 is 0 Å². The summed E-state index contributed by atoms with van der Waals surface area (Å²) in [5, 5.41) is 12.8. The van der Waals surface area contributed by atoms with Crippen LogP contribution in [0.5, 0.6) is 0 Å². The Kier molecular flexibility index (Phi) is 5.86. The van der Waals surface area contributed by atoms with E-state index in [0.29, 0.717) is 32.9 Å². The molecule has 170 valence electrons. The lowest BCUT2D eigenvalue weighted by Gasteiger charge is -2.05. The van der Waals surface area contributed by atoms with Crippen LogP contribution < -0.4 is 5.32 Å². The SMILES string of the molecule is CC(C)c1ccc(-n2nc3ccc(NC(=O)c4ccc(-c5ccc(Cl)c(Cl)c5)o4)cc3n2)cc1. The van der Waals surface area contributed by atoms with Gasteiger partial charge in [-0.1, -0.05) is 49.2 Å². The normalized spacial score (nSPS) is 11.3. The molecular weight excluding hydrogens is 471 g/mol. The van der Waals surface area contributed by atoms with E-state index in [1.54, 1.807) is 47.3 Å². The molecule has 0 radical (unpaired) electrons. The van der Waals surface area contributed by atoms with Gasteiger partial charge in [-0.2, -0.15) is 4.80 Å². The van der Waals surface area contributed by atoms with Crippen LogP contribution in [0.1, 0.15) is 35.9 Å². The van der Waals surface area contributed by atoms with E-state index in [2.05, 4.69) is 41.5 Å². The Morgan fingerprint density at radius 2 is 1.65 bits per heavy atom. The zero-order valence-electron chi connectivity index (χ0n) is 18.4. The van der Waals surface area contributed by atoms with Crippen molar-refractivity contribution in [1.29, 1.82) is 0 Å². The van der Waals surface area contributed by atoms with Crippen molar-refractivity contribution in [2.45, 2.75) is 19.8 Å². The van der Waals surface area contributed by atoms with Gasteiger partial charge in [0.15, 0.2) is 5.76 Å². The highest BCUT2D eigenvalue weighted by Crippen LogP contribution is 2.30. The quantitative estimate of drug-likeness (QED) is 0.279. The van der Waals surface area contributed by atoms with Crippen molar-refractivity contribution in [2.75, 3.05) is 5.32 Å². The zero-order chi connectivity index (χ0) is 23.8. The van der Waals surface area contributed by atoms with Gasteiger partial charge >= 0.3 is 0 Å². The number of nitrogens with one attached hydrogen (secondary N) is 1. The van der Waals surface area contributed by atoms with Crippen LogP contribution in [0.2, 0.25) is 10.0 Å². The number of hydrogen-bond donors (Lipinski definition) is 1. The van der Waals surface area contributed by atoms with Crippen molar-refractivity contribution in [3.8, 4) is 17.0 Å². The number of carbonyl (C=O) groups excluding carboxylic acids is 1. The summed E-state index contributed by atoms with van der Waals surface area (Å²) in [6, 6.07) is 22.0. The Balaban J connectivity index is 1.34. The van der Waals surface area contributed by atoms with Crippen LogP contribution in [0.3, 0.4) is 0 Å². The predicted molar refractivity (Wildman–Crippen MR) is 135 cm³/mol. The maximum atomic E-state index is 12.7. The number of hydrogen-bond acceptors (Lipinski definition) is 4. The molecule has 0 unspecified atom stereocenters. The molecule has 5 rings (SSSR count). The van der Waals surface area contributed by atoms with Crippen molar-refractivity contribution in [3.05, 3.63) is 94.2 Å². The second-order valence-electron chi connectivity index (χ2n) is 8.19. The Morgan fingerprint density at radius 1 is 0.882 bits per heavy atom. The van der Waals surface area contributed by atoms with Gasteiger partial charge in [-0.25, -0.2) is 0 Å². The fraction of sp³-hybridized carbons (Fsp3) is 0.115. The summed E-state index contributed by atoms with van der Waals surface area (Å²) in [4.78, 5) is 14.3. The number of carbonyl (C=O) groups is 1. The molecule has 0 spiro atoms. The zero-order valence-corrected chi connectivity index (χ0v) is 19.9. The van der Waals surface area contributed by atoms with Crippen LogP contribution in [0, 0.1) is 0 Å². The van der Waals surface area contributed by atoms with Crippen LogP contribution in [-0.4, -0.2) is 20.9 Å². The first-order valence-electron chi connectivity index (χ1n) is 10.7. The topological polar surface area (TPSA) is 73.0 Å². The van der Waals surface area contributed by atoms with Gasteiger partial charge in [0.2, 0.25) is 0 Å². The molecule has 0 saturated carbocycles. The molecule has 0 saturated heterocycles. The lowest BCUT2D eigenvalue weighted by molar-refractivity contribution is 0.0997. The van der Waals surface area contributed by atoms with Crippen LogP contribution in [0.25, 0.3) is 28.0 Å². The molecule has 8 heteroatoms. The lowest BCUT2D eigenvalue weighted by Crippen LogP contribution is -2.10. The van der Waals surface area contributed by atoms with Crippen molar-refractivity contribution in [2.24, 2.45) is 0 Å². The van der Waals surface area contributed by atoms with Gasteiger partial charge in [0.1, 0.15) is 16.8 Å². The summed E-state index contributed by atoms with van der Waals surface area (Å²) < 4.78 is 5.73. The van der Waals surface area contributed by atoms with Gasteiger partial charge in [-0.3, -0.25) is 4.79 Å². The first-order valence-corrected chi connectivity index (χ1v) is 11.5. The maximum absolute atomic E-state index is 12.7. The van der Waals surface area contributed by atoms with E-state index in [9.17, 15) is 4.79 Å². The summed E-state index contributed by atoms with van der Waals surface area (Å²) in [7, 11) is 0. The third kappa shape index (κ3) is 4.42. The molecule has 0 aliphatic rings. The van der Waals surface area contributed by atoms with Crippen LogP contribution in [-0.2, 0) is 0 Å². The molecule has 0 fully saturated rings. The highest BCUT2D eigenvalue weighted by molar-refractivity contribution is 6.42. The van der Waals surface area contributed by atoms with Gasteiger partial charge in [0.25, 0.3) is 5.91 Å². The summed E-state index contributed by atoms with van der Waals surface area (Å²) in [6.45, 7) is 4.31. The first-order chi connectivity index (χ1) is 16.4. The standard InChI is InChI=1S/C26H20Cl2N4O2/c1-15(2)16-3-7-19(8-4-16)32-30-22-10-6-18(14-23(22)31-32)29-26(33)25-12-11-24(34-25)17-5-9-20(27)21(28)13-17/h3-15H,1-2H3,(H,29,33). The van der Waals surface area contributed by atoms with E-state index in [4.69, 9.17) is 27.6 Å². The molecule has 5 aromatic rings. The molecule has 2 aromatic heterocycles. The highest BCUT2D eigenvalue weighted by atomic mass is 35.5. The Hall–Kier alpha value is -3.61. The van der Waals surface area contributed by atoms with Crippen LogP contribution >= 0.6 is 23.2 Å². The number of nitrogens with zero attached hydrogens (tertiary/aromatic N) is 3. The maximum Gasteiger partial charge on any atom is 0.291 e. The Bertz CT molecular complexity index is 1500. The smallest absolute Gasteiger partial charge is 0.291 e. The number of amides is 1. The summed E-state index contributed by atoms with van der Waals surface area (Å²) in [6.07, 6.45) is 0. The second kappa shape index (κ2) is 8.97. The van der Waals surface area contributed by atoms with E-state index in [1.165, 1.54) is 5.56 Å². The lowest BCUT2D eigenvalue weighted by atomic mass is 10.0. The molecule has 2 heterocycles. The first kappa shape index (κ1) is 22.2. The fourth-order valence-corrected chi connectivity index (χ4v) is 3.86. The second-order valence-corrected chi connectivity index (χ2v) is 9.00. The van der Waals surface area contributed by atoms with Crippen LogP contribution in [0.4, 0.5) is 5.69 Å².